The molecule has 0 saturated carbocycles. The highest BCUT2D eigenvalue weighted by molar-refractivity contribution is 5.93. The van der Waals surface area contributed by atoms with E-state index in [1.54, 1.807) is 13.0 Å². The first-order chi connectivity index (χ1) is 11.0. The van der Waals surface area contributed by atoms with Crippen molar-refractivity contribution in [1.29, 1.82) is 0 Å². The van der Waals surface area contributed by atoms with Crippen LogP contribution >= 0.6 is 0 Å². The van der Waals surface area contributed by atoms with E-state index >= 15 is 0 Å². The Balaban J connectivity index is 2.22. The highest BCUT2D eigenvalue weighted by atomic mass is 16.6. The van der Waals surface area contributed by atoms with Crippen LogP contribution in [0.5, 0.6) is 0 Å². The van der Waals surface area contributed by atoms with Crippen LogP contribution in [0, 0.1) is 13.8 Å². The maximum Gasteiger partial charge on any atom is 0.295 e. The smallest absolute Gasteiger partial charge is 0.295 e. The number of amides is 1. The number of aryl methyl sites for hydroxylation is 3. The second kappa shape index (κ2) is 7.59. The summed E-state index contributed by atoms with van der Waals surface area (Å²) in [5, 5.41) is 11.1. The third-order valence-electron chi connectivity index (χ3n) is 3.00. The fourth-order valence-electron chi connectivity index (χ4n) is 2.05. The lowest BCUT2D eigenvalue weighted by Crippen LogP contribution is -2.26. The molecule has 0 saturated heterocycles. The minimum atomic E-state index is -0.406. The van der Waals surface area contributed by atoms with E-state index in [2.05, 4.69) is 31.0 Å². The second-order valence-corrected chi connectivity index (χ2v) is 4.89. The number of rotatable bonds is 6. The van der Waals surface area contributed by atoms with Crippen molar-refractivity contribution in [2.75, 3.05) is 11.9 Å². The van der Waals surface area contributed by atoms with Crippen LogP contribution in [0.4, 0.5) is 11.6 Å². The Morgan fingerprint density at radius 3 is 2.57 bits per heavy atom. The van der Waals surface area contributed by atoms with Crippen molar-refractivity contribution in [3.05, 3.63) is 34.9 Å². The van der Waals surface area contributed by atoms with Gasteiger partial charge in [-0.05, 0) is 38.8 Å². The average Bonchev–Trinajstić information content (AvgIpc) is 2.51. The zero-order valence-electron chi connectivity index (χ0n) is 13.7. The number of nitrogens with zero attached hydrogens (tertiary/aromatic N) is 4. The lowest BCUT2D eigenvalue weighted by atomic mass is 10.1. The molecule has 0 fully saturated rings. The Morgan fingerprint density at radius 2 is 1.91 bits per heavy atom. The van der Waals surface area contributed by atoms with Gasteiger partial charge < -0.3 is 5.32 Å². The van der Waals surface area contributed by atoms with Gasteiger partial charge in [0.2, 0.25) is 0 Å². The van der Waals surface area contributed by atoms with Crippen LogP contribution in [0.25, 0.3) is 0 Å². The maximum atomic E-state index is 12.0. The summed E-state index contributed by atoms with van der Waals surface area (Å²) in [5.74, 6) is 1.42. The summed E-state index contributed by atoms with van der Waals surface area (Å²) in [6, 6.07) is 3.59. The molecule has 0 bridgehead atoms. The lowest BCUT2D eigenvalue weighted by Gasteiger charge is -2.10. The number of hydroxylamine groups is 1. The quantitative estimate of drug-likeness (QED) is 0.784. The molecule has 2 rings (SSSR count). The van der Waals surface area contributed by atoms with Gasteiger partial charge in [0.15, 0.2) is 11.5 Å². The number of hydrogen-bond donors (Lipinski definition) is 2. The molecule has 0 atom stereocenters. The fraction of sp³-hybridized carbons (Fsp3) is 0.400. The van der Waals surface area contributed by atoms with Crippen molar-refractivity contribution in [3.8, 4) is 0 Å². The van der Waals surface area contributed by atoms with E-state index in [9.17, 15) is 4.79 Å². The van der Waals surface area contributed by atoms with E-state index < -0.39 is 5.91 Å². The van der Waals surface area contributed by atoms with Crippen molar-refractivity contribution in [2.24, 2.45) is 0 Å². The summed E-state index contributed by atoms with van der Waals surface area (Å²) < 4.78 is 0. The predicted molar refractivity (Wildman–Crippen MR) is 85.3 cm³/mol. The average molecular weight is 316 g/mol. The first-order valence-electron chi connectivity index (χ1n) is 7.41. The van der Waals surface area contributed by atoms with Gasteiger partial charge in [0, 0.05) is 11.8 Å². The molecule has 2 aromatic heterocycles. The summed E-state index contributed by atoms with van der Waals surface area (Å²) in [5.41, 5.74) is 4.20. The highest BCUT2D eigenvalue weighted by Gasteiger charge is 2.14. The van der Waals surface area contributed by atoms with Crippen LogP contribution in [0.15, 0.2) is 12.1 Å². The van der Waals surface area contributed by atoms with Crippen LogP contribution < -0.4 is 10.8 Å². The van der Waals surface area contributed by atoms with Crippen LogP contribution in [-0.2, 0) is 11.3 Å². The number of nitrogens with one attached hydrogen (secondary N) is 2. The van der Waals surface area contributed by atoms with Crippen molar-refractivity contribution in [3.63, 3.8) is 0 Å². The maximum absolute atomic E-state index is 12.0. The fourth-order valence-corrected chi connectivity index (χ4v) is 2.05. The number of aromatic nitrogens is 4. The Kier molecular flexibility index (Phi) is 5.53. The van der Waals surface area contributed by atoms with Gasteiger partial charge in [-0.25, -0.2) is 15.4 Å². The van der Waals surface area contributed by atoms with E-state index in [1.807, 2.05) is 26.8 Å². The van der Waals surface area contributed by atoms with Gasteiger partial charge in [-0.1, -0.05) is 6.92 Å². The zero-order valence-corrected chi connectivity index (χ0v) is 13.7. The van der Waals surface area contributed by atoms with E-state index in [0.717, 1.165) is 11.3 Å². The molecule has 122 valence electrons. The number of anilines is 2. The molecule has 23 heavy (non-hydrogen) atoms. The van der Waals surface area contributed by atoms with E-state index in [1.165, 1.54) is 0 Å². The van der Waals surface area contributed by atoms with Crippen LogP contribution in [0.3, 0.4) is 0 Å². The summed E-state index contributed by atoms with van der Waals surface area (Å²) in [7, 11) is 0. The molecule has 0 unspecified atom stereocenters. The molecule has 2 heterocycles. The molecule has 8 nitrogen and oxygen atoms in total. The summed E-state index contributed by atoms with van der Waals surface area (Å²) in [4.78, 5) is 25.4. The molecule has 0 aliphatic heterocycles. The summed E-state index contributed by atoms with van der Waals surface area (Å²) >= 11 is 0. The Hall–Kier alpha value is -2.61. The van der Waals surface area contributed by atoms with Crippen LogP contribution in [0.1, 0.15) is 41.4 Å². The Bertz CT molecular complexity index is 684. The van der Waals surface area contributed by atoms with Gasteiger partial charge in [-0.2, -0.15) is 0 Å². The van der Waals surface area contributed by atoms with Gasteiger partial charge in [-0.3, -0.25) is 9.63 Å². The summed E-state index contributed by atoms with van der Waals surface area (Å²) in [6.45, 7) is 7.82. The van der Waals surface area contributed by atoms with Crippen molar-refractivity contribution < 1.29 is 9.63 Å². The van der Waals surface area contributed by atoms with Crippen molar-refractivity contribution >= 4 is 17.5 Å². The standard InChI is InChI=1S/C15H20N6O2/c1-5-11-8-13(18-12-7-9(3)16-10(4)17-12)19-20-14(11)15(22)21-23-6-2/h7-8H,5-6H2,1-4H3,(H,21,22)(H,16,17,18,19). The van der Waals surface area contributed by atoms with E-state index in [0.29, 0.717) is 30.5 Å². The van der Waals surface area contributed by atoms with E-state index in [-0.39, 0.29) is 5.69 Å². The molecule has 0 radical (unpaired) electrons. The molecule has 2 aromatic rings. The molecule has 2 N–H and O–H groups in total. The Labute approximate surface area is 134 Å². The Morgan fingerprint density at radius 1 is 1.13 bits per heavy atom. The van der Waals surface area contributed by atoms with E-state index in [4.69, 9.17) is 4.84 Å². The van der Waals surface area contributed by atoms with Crippen LogP contribution in [0.2, 0.25) is 0 Å². The molecular weight excluding hydrogens is 296 g/mol. The van der Waals surface area contributed by atoms with Crippen LogP contribution in [-0.4, -0.2) is 32.7 Å². The molecule has 8 heteroatoms. The molecule has 1 amide bonds. The SMILES string of the molecule is CCONC(=O)c1nnc(Nc2cc(C)nc(C)n2)cc1CC. The lowest BCUT2D eigenvalue weighted by molar-refractivity contribution is 0.0358. The minimum absolute atomic E-state index is 0.251. The monoisotopic (exact) mass is 316 g/mol. The second-order valence-electron chi connectivity index (χ2n) is 4.89. The third kappa shape index (κ3) is 4.43. The van der Waals surface area contributed by atoms with Gasteiger partial charge in [0.05, 0.1) is 6.61 Å². The number of carbonyl (C=O) groups excluding carboxylic acids is 1. The largest absolute Gasteiger partial charge is 0.323 e. The zero-order chi connectivity index (χ0) is 16.8. The van der Waals surface area contributed by atoms with Gasteiger partial charge in [0.1, 0.15) is 11.6 Å². The van der Waals surface area contributed by atoms with Crippen molar-refractivity contribution in [2.45, 2.75) is 34.1 Å². The first-order valence-corrected chi connectivity index (χ1v) is 7.41. The predicted octanol–water partition coefficient (Wildman–Crippen LogP) is 1.87. The molecule has 0 spiro atoms. The third-order valence-corrected chi connectivity index (χ3v) is 3.00. The van der Waals surface area contributed by atoms with Gasteiger partial charge in [0.25, 0.3) is 5.91 Å². The number of carbonyl (C=O) groups is 1. The minimum Gasteiger partial charge on any atom is -0.323 e. The first kappa shape index (κ1) is 16.8. The normalized spacial score (nSPS) is 10.4. The number of hydrogen-bond acceptors (Lipinski definition) is 7. The molecule has 0 aliphatic rings. The van der Waals surface area contributed by atoms with Gasteiger partial charge >= 0.3 is 0 Å². The van der Waals surface area contributed by atoms with Gasteiger partial charge in [-0.15, -0.1) is 10.2 Å². The highest BCUT2D eigenvalue weighted by Crippen LogP contribution is 2.16. The topological polar surface area (TPSA) is 102 Å². The molecule has 0 aliphatic carbocycles. The van der Waals surface area contributed by atoms with Crippen molar-refractivity contribution in [1.82, 2.24) is 25.6 Å². The molecular formula is C15H20N6O2. The molecule has 0 aromatic carbocycles. The summed E-state index contributed by atoms with van der Waals surface area (Å²) in [6.07, 6.45) is 0.640.